The van der Waals surface area contributed by atoms with Crippen LogP contribution in [-0.4, -0.2) is 70.7 Å². The van der Waals surface area contributed by atoms with Crippen molar-refractivity contribution in [2.45, 2.75) is 95.9 Å². The first kappa shape index (κ1) is 29.7. The lowest BCUT2D eigenvalue weighted by molar-refractivity contribution is -0.341. The second-order valence-corrected chi connectivity index (χ2v) is 11.7. The number of esters is 4. The summed E-state index contributed by atoms with van der Waals surface area (Å²) in [5, 5.41) is 12.1. The molecule has 10 nitrogen and oxygen atoms in total. The molecule has 3 fully saturated rings. The molecular weight excluding hydrogens is 520 g/mol. The topological polar surface area (TPSA) is 135 Å². The largest absolute Gasteiger partial charge is 0.465 e. The van der Waals surface area contributed by atoms with Gasteiger partial charge in [0, 0.05) is 32.8 Å². The molecule has 0 unspecified atom stereocenters. The molecule has 1 heterocycles. The molecule has 2 aliphatic carbocycles. The predicted octanol–water partition coefficient (Wildman–Crippen LogP) is 3.14. The van der Waals surface area contributed by atoms with Gasteiger partial charge in [0.2, 0.25) is 0 Å². The Kier molecular flexibility index (Phi) is 7.90. The van der Waals surface area contributed by atoms with E-state index in [1.54, 1.807) is 13.0 Å². The van der Waals surface area contributed by atoms with Gasteiger partial charge in [0.05, 0.1) is 11.2 Å². The normalized spacial score (nSPS) is 35.9. The van der Waals surface area contributed by atoms with Crippen LogP contribution in [-0.2, 0) is 42.9 Å². The average Bonchev–Trinajstić information content (AvgIpc) is 3.02. The Bertz CT molecular complexity index is 1190. The minimum absolute atomic E-state index is 0.113. The summed E-state index contributed by atoms with van der Waals surface area (Å²) >= 11 is 0. The van der Waals surface area contributed by atoms with Crippen LogP contribution >= 0.6 is 0 Å². The lowest BCUT2D eigenvalue weighted by Gasteiger charge is -2.64. The highest BCUT2D eigenvalue weighted by Crippen LogP contribution is 2.68. The fraction of sp³-hybridized carbons (Fsp3) is 0.600. The number of hydrogen-bond acceptors (Lipinski definition) is 10. The monoisotopic (exact) mass is 558 g/mol. The molecule has 0 amide bonds. The van der Waals surface area contributed by atoms with E-state index in [4.69, 9.17) is 23.7 Å². The maximum Gasteiger partial charge on any atom is 0.331 e. The molecule has 1 aliphatic heterocycles. The minimum atomic E-state index is -1.76. The molecule has 3 aliphatic rings. The summed E-state index contributed by atoms with van der Waals surface area (Å²) in [6.07, 6.45) is 0.229. The molecule has 1 saturated heterocycles. The van der Waals surface area contributed by atoms with Crippen molar-refractivity contribution in [3.8, 4) is 0 Å². The number of carbonyl (C=O) groups excluding carboxylic acids is 4. The number of aliphatic hydroxyl groups is 1. The standard InChI is InChI=1S/C30H38O10/c1-18(31)36-17-29-23(37-19(2)32)14-15-28(6,35)30(29)26(38-20(3)33)22(27(4,5)40-30)16-24(29)39-25(34)13-12-21-10-8-7-9-11-21/h7-13,22-24,26,35H,14-17H2,1-6H3/b13-12+/t22-,23+,24+,26-,28+,29+,30+/m1/s1. The van der Waals surface area contributed by atoms with Crippen molar-refractivity contribution in [3.63, 3.8) is 0 Å². The first-order chi connectivity index (χ1) is 18.7. The molecule has 40 heavy (non-hydrogen) atoms. The number of fused-ring (bicyclic) bond motifs is 1. The fourth-order valence-corrected chi connectivity index (χ4v) is 7.15. The third kappa shape index (κ3) is 4.92. The predicted molar refractivity (Wildman–Crippen MR) is 141 cm³/mol. The van der Waals surface area contributed by atoms with Crippen LogP contribution in [0.4, 0.5) is 0 Å². The van der Waals surface area contributed by atoms with Crippen molar-refractivity contribution in [1.82, 2.24) is 0 Å². The molecule has 2 bridgehead atoms. The highest BCUT2D eigenvalue weighted by atomic mass is 16.6. The van der Waals surface area contributed by atoms with Gasteiger partial charge in [0.1, 0.15) is 30.3 Å². The van der Waals surface area contributed by atoms with Crippen molar-refractivity contribution in [2.24, 2.45) is 11.3 Å². The van der Waals surface area contributed by atoms with E-state index in [0.717, 1.165) is 5.56 Å². The summed E-state index contributed by atoms with van der Waals surface area (Å²) in [7, 11) is 0. The number of rotatable bonds is 7. The van der Waals surface area contributed by atoms with Gasteiger partial charge in [-0.1, -0.05) is 30.3 Å². The third-order valence-corrected chi connectivity index (χ3v) is 8.67. The van der Waals surface area contributed by atoms with E-state index >= 15 is 0 Å². The summed E-state index contributed by atoms with van der Waals surface area (Å²) in [5.74, 6) is -3.03. The molecule has 218 valence electrons. The van der Waals surface area contributed by atoms with Crippen LogP contribution in [0.15, 0.2) is 36.4 Å². The van der Waals surface area contributed by atoms with Crippen LogP contribution in [0.1, 0.15) is 66.4 Å². The second-order valence-electron chi connectivity index (χ2n) is 11.7. The van der Waals surface area contributed by atoms with Crippen molar-refractivity contribution in [1.29, 1.82) is 0 Å². The van der Waals surface area contributed by atoms with Gasteiger partial charge in [-0.3, -0.25) is 14.4 Å². The maximum atomic E-state index is 13.3. The molecular formula is C30H38O10. The molecule has 1 spiro atoms. The third-order valence-electron chi connectivity index (χ3n) is 8.67. The van der Waals surface area contributed by atoms with E-state index in [0.29, 0.717) is 0 Å². The average molecular weight is 559 g/mol. The molecule has 1 N–H and O–H groups in total. The quantitative estimate of drug-likeness (QED) is 0.302. The van der Waals surface area contributed by atoms with Gasteiger partial charge >= 0.3 is 23.9 Å². The molecule has 0 radical (unpaired) electrons. The van der Waals surface area contributed by atoms with Crippen LogP contribution in [0, 0.1) is 11.3 Å². The summed E-state index contributed by atoms with van der Waals surface area (Å²) < 4.78 is 30.2. The maximum absolute atomic E-state index is 13.3. The lowest BCUT2D eigenvalue weighted by atomic mass is 9.47. The van der Waals surface area contributed by atoms with Crippen molar-refractivity contribution in [2.75, 3.05) is 6.61 Å². The Hall–Kier alpha value is -3.24. The van der Waals surface area contributed by atoms with Crippen LogP contribution in [0.25, 0.3) is 6.08 Å². The second kappa shape index (κ2) is 10.6. The SMILES string of the molecule is CC(=O)OC[C@@]12[C@@H](OC(C)=O)CC[C@](C)(O)[C@]13OC(C)(C)[C@H](C[C@@H]2OC(=O)/C=C/c1ccccc1)[C@H]3OC(C)=O. The molecule has 4 rings (SSSR count). The Morgan fingerprint density at radius 1 is 0.950 bits per heavy atom. The van der Waals surface area contributed by atoms with Crippen molar-refractivity contribution >= 4 is 30.0 Å². The smallest absolute Gasteiger partial charge is 0.331 e. The lowest BCUT2D eigenvalue weighted by Crippen LogP contribution is -2.81. The van der Waals surface area contributed by atoms with Crippen LogP contribution in [0.5, 0.6) is 0 Å². The van der Waals surface area contributed by atoms with Gasteiger partial charge in [-0.25, -0.2) is 4.79 Å². The number of carbonyl (C=O) groups is 4. The van der Waals surface area contributed by atoms with Gasteiger partial charge < -0.3 is 28.8 Å². The van der Waals surface area contributed by atoms with E-state index in [2.05, 4.69) is 0 Å². The van der Waals surface area contributed by atoms with E-state index < -0.39 is 76.9 Å². The molecule has 1 aromatic carbocycles. The minimum Gasteiger partial charge on any atom is -0.465 e. The molecule has 10 heteroatoms. The van der Waals surface area contributed by atoms with Gasteiger partial charge in [0.25, 0.3) is 0 Å². The Balaban J connectivity index is 1.91. The highest BCUT2D eigenvalue weighted by molar-refractivity contribution is 5.87. The molecule has 2 saturated carbocycles. The van der Waals surface area contributed by atoms with Gasteiger partial charge in [-0.15, -0.1) is 0 Å². The molecule has 0 aromatic heterocycles. The van der Waals surface area contributed by atoms with E-state index in [1.165, 1.54) is 26.8 Å². The summed E-state index contributed by atoms with van der Waals surface area (Å²) in [5.41, 5.74) is -5.23. The van der Waals surface area contributed by atoms with Gasteiger partial charge in [0.15, 0.2) is 5.60 Å². The zero-order valence-electron chi connectivity index (χ0n) is 23.8. The Morgan fingerprint density at radius 3 is 2.20 bits per heavy atom. The number of ether oxygens (including phenoxy) is 5. The highest BCUT2D eigenvalue weighted by Gasteiger charge is 2.84. The first-order valence-corrected chi connectivity index (χ1v) is 13.5. The molecule has 1 aromatic rings. The van der Waals surface area contributed by atoms with E-state index in [9.17, 15) is 24.3 Å². The number of hydrogen-bond donors (Lipinski definition) is 1. The summed E-state index contributed by atoms with van der Waals surface area (Å²) in [4.78, 5) is 50.2. The van der Waals surface area contributed by atoms with Gasteiger partial charge in [-0.2, -0.15) is 0 Å². The van der Waals surface area contributed by atoms with E-state index in [-0.39, 0.29) is 19.3 Å². The fourth-order valence-electron chi connectivity index (χ4n) is 7.15. The van der Waals surface area contributed by atoms with Crippen molar-refractivity contribution < 1.29 is 48.0 Å². The summed E-state index contributed by atoms with van der Waals surface area (Å²) in [6.45, 7) is 8.50. The van der Waals surface area contributed by atoms with Crippen molar-refractivity contribution in [3.05, 3.63) is 42.0 Å². The number of benzene rings is 1. The zero-order valence-corrected chi connectivity index (χ0v) is 23.8. The zero-order chi connectivity index (χ0) is 29.5. The first-order valence-electron chi connectivity index (χ1n) is 13.5. The van der Waals surface area contributed by atoms with Crippen LogP contribution in [0.3, 0.4) is 0 Å². The Labute approximate surface area is 233 Å². The van der Waals surface area contributed by atoms with Crippen LogP contribution in [0.2, 0.25) is 0 Å². The van der Waals surface area contributed by atoms with Gasteiger partial charge in [-0.05, 0) is 51.7 Å². The Morgan fingerprint density at radius 2 is 1.60 bits per heavy atom. The summed E-state index contributed by atoms with van der Waals surface area (Å²) in [6, 6.07) is 9.19. The molecule has 7 atom stereocenters. The van der Waals surface area contributed by atoms with E-state index in [1.807, 2.05) is 44.2 Å². The van der Waals surface area contributed by atoms with Crippen LogP contribution < -0.4 is 0 Å².